The van der Waals surface area contributed by atoms with Gasteiger partial charge in [0.25, 0.3) is 0 Å². The molecule has 0 heterocycles. The van der Waals surface area contributed by atoms with Crippen LogP contribution in [0.25, 0.3) is 0 Å². The number of primary amides is 1. The van der Waals surface area contributed by atoms with Crippen molar-refractivity contribution in [3.05, 3.63) is 57.3 Å². The van der Waals surface area contributed by atoms with Crippen LogP contribution in [0.2, 0.25) is 5.02 Å². The maximum atomic E-state index is 13.7. The summed E-state index contributed by atoms with van der Waals surface area (Å²) in [6, 6.07) is 8.70. The third kappa shape index (κ3) is 3.24. The van der Waals surface area contributed by atoms with Crippen molar-refractivity contribution in [2.24, 2.45) is 5.73 Å². The summed E-state index contributed by atoms with van der Waals surface area (Å²) in [7, 11) is 0. The molecule has 0 fully saturated rings. The van der Waals surface area contributed by atoms with E-state index in [-0.39, 0.29) is 11.3 Å². The zero-order valence-electron chi connectivity index (χ0n) is 9.49. The van der Waals surface area contributed by atoms with Crippen LogP contribution >= 0.6 is 27.5 Å². The Labute approximate surface area is 122 Å². The van der Waals surface area contributed by atoms with Gasteiger partial charge in [0.1, 0.15) is 5.75 Å². The molecule has 19 heavy (non-hydrogen) atoms. The van der Waals surface area contributed by atoms with E-state index in [1.54, 1.807) is 18.2 Å². The van der Waals surface area contributed by atoms with E-state index >= 15 is 0 Å². The number of halogens is 3. The lowest BCUT2D eigenvalue weighted by molar-refractivity contribution is 0.1000. The van der Waals surface area contributed by atoms with Crippen LogP contribution in [0.3, 0.4) is 0 Å². The minimum Gasteiger partial charge on any atom is -0.453 e. The van der Waals surface area contributed by atoms with E-state index in [1.807, 2.05) is 0 Å². The number of carbonyl (C=O) groups excluding carboxylic acids is 1. The van der Waals surface area contributed by atoms with Crippen molar-refractivity contribution in [1.82, 2.24) is 0 Å². The molecule has 0 saturated carbocycles. The normalized spacial score (nSPS) is 10.3. The molecule has 0 unspecified atom stereocenters. The topological polar surface area (TPSA) is 52.3 Å². The highest BCUT2D eigenvalue weighted by molar-refractivity contribution is 9.10. The molecule has 0 aliphatic rings. The van der Waals surface area contributed by atoms with Gasteiger partial charge >= 0.3 is 0 Å². The lowest BCUT2D eigenvalue weighted by Crippen LogP contribution is -2.11. The van der Waals surface area contributed by atoms with Crippen LogP contribution in [-0.4, -0.2) is 5.91 Å². The highest BCUT2D eigenvalue weighted by Gasteiger charge is 2.11. The van der Waals surface area contributed by atoms with Gasteiger partial charge in [-0.25, -0.2) is 4.39 Å². The summed E-state index contributed by atoms with van der Waals surface area (Å²) < 4.78 is 19.9. The molecule has 6 heteroatoms. The molecule has 0 bridgehead atoms. The molecule has 2 aromatic rings. The van der Waals surface area contributed by atoms with Gasteiger partial charge in [0.15, 0.2) is 11.6 Å². The molecule has 0 aliphatic carbocycles. The summed E-state index contributed by atoms with van der Waals surface area (Å²) in [6.45, 7) is 0. The summed E-state index contributed by atoms with van der Waals surface area (Å²) in [5, 5.41) is 0.349. The fourth-order valence-electron chi connectivity index (χ4n) is 1.41. The summed E-state index contributed by atoms with van der Waals surface area (Å²) in [6.07, 6.45) is 0. The standard InChI is InChI=1S/C13H8BrClFNO2/c14-8-2-3-9(15)12(6-8)19-11-4-1-7(13(17)18)5-10(11)16/h1-6H,(H2,17,18). The van der Waals surface area contributed by atoms with Crippen molar-refractivity contribution in [1.29, 1.82) is 0 Å². The molecular weight excluding hydrogens is 337 g/mol. The van der Waals surface area contributed by atoms with Gasteiger partial charge in [0.05, 0.1) is 5.02 Å². The van der Waals surface area contributed by atoms with Crippen LogP contribution in [-0.2, 0) is 0 Å². The molecule has 98 valence electrons. The summed E-state index contributed by atoms with van der Waals surface area (Å²) in [4.78, 5) is 10.9. The van der Waals surface area contributed by atoms with Crippen LogP contribution in [0.5, 0.6) is 11.5 Å². The van der Waals surface area contributed by atoms with Gasteiger partial charge in [-0.2, -0.15) is 0 Å². The fourth-order valence-corrected chi connectivity index (χ4v) is 1.91. The predicted molar refractivity (Wildman–Crippen MR) is 74.1 cm³/mol. The molecular formula is C13H8BrClFNO2. The molecule has 0 spiro atoms. The smallest absolute Gasteiger partial charge is 0.248 e. The minimum atomic E-state index is -0.703. The Kier molecular flexibility index (Phi) is 4.07. The first-order valence-electron chi connectivity index (χ1n) is 5.19. The predicted octanol–water partition coefficient (Wildman–Crippen LogP) is 4.13. The second kappa shape index (κ2) is 5.59. The van der Waals surface area contributed by atoms with Crippen molar-refractivity contribution in [3.8, 4) is 11.5 Å². The Morgan fingerprint density at radius 3 is 2.58 bits per heavy atom. The van der Waals surface area contributed by atoms with E-state index < -0.39 is 11.7 Å². The van der Waals surface area contributed by atoms with E-state index in [0.717, 1.165) is 10.5 Å². The lowest BCUT2D eigenvalue weighted by Gasteiger charge is -2.09. The van der Waals surface area contributed by atoms with Crippen molar-refractivity contribution < 1.29 is 13.9 Å². The molecule has 2 rings (SSSR count). The minimum absolute atomic E-state index is 0.0370. The number of rotatable bonds is 3. The molecule has 0 aromatic heterocycles. The van der Waals surface area contributed by atoms with E-state index in [2.05, 4.69) is 15.9 Å². The van der Waals surface area contributed by atoms with Gasteiger partial charge in [-0.3, -0.25) is 4.79 Å². The monoisotopic (exact) mass is 343 g/mol. The van der Waals surface area contributed by atoms with Gasteiger partial charge in [0.2, 0.25) is 5.91 Å². The summed E-state index contributed by atoms with van der Waals surface area (Å²) >= 11 is 9.20. The first-order chi connectivity index (χ1) is 8.97. The Hall–Kier alpha value is -1.59. The summed E-state index contributed by atoms with van der Waals surface area (Å²) in [5.41, 5.74) is 5.13. The van der Waals surface area contributed by atoms with Crippen LogP contribution in [0, 0.1) is 5.82 Å². The number of ether oxygens (including phenoxy) is 1. The number of hydrogen-bond acceptors (Lipinski definition) is 2. The van der Waals surface area contributed by atoms with Crippen LogP contribution in [0.15, 0.2) is 40.9 Å². The van der Waals surface area contributed by atoms with Crippen LogP contribution < -0.4 is 10.5 Å². The number of hydrogen-bond donors (Lipinski definition) is 1. The lowest BCUT2D eigenvalue weighted by atomic mass is 10.2. The quantitative estimate of drug-likeness (QED) is 0.910. The molecule has 2 aromatic carbocycles. The zero-order chi connectivity index (χ0) is 14.0. The Morgan fingerprint density at radius 1 is 1.21 bits per heavy atom. The number of nitrogens with two attached hydrogens (primary N) is 1. The first-order valence-corrected chi connectivity index (χ1v) is 6.37. The summed E-state index contributed by atoms with van der Waals surface area (Å²) in [5.74, 6) is -1.12. The zero-order valence-corrected chi connectivity index (χ0v) is 11.8. The van der Waals surface area contributed by atoms with Crippen LogP contribution in [0.1, 0.15) is 10.4 Å². The number of benzene rings is 2. The Morgan fingerprint density at radius 2 is 1.95 bits per heavy atom. The highest BCUT2D eigenvalue weighted by Crippen LogP contribution is 2.33. The molecule has 1 amide bonds. The van der Waals surface area contributed by atoms with E-state index in [0.29, 0.717) is 10.8 Å². The molecule has 2 N–H and O–H groups in total. The molecule has 3 nitrogen and oxygen atoms in total. The molecule has 0 saturated heterocycles. The van der Waals surface area contributed by atoms with Gasteiger partial charge in [-0.15, -0.1) is 0 Å². The molecule has 0 radical (unpaired) electrons. The first kappa shape index (κ1) is 13.8. The van der Waals surface area contributed by atoms with E-state index in [4.69, 9.17) is 22.1 Å². The van der Waals surface area contributed by atoms with Crippen molar-refractivity contribution in [2.45, 2.75) is 0 Å². The number of carbonyl (C=O) groups is 1. The van der Waals surface area contributed by atoms with Gasteiger partial charge < -0.3 is 10.5 Å². The Bertz CT molecular complexity index is 649. The Balaban J connectivity index is 2.33. The van der Waals surface area contributed by atoms with Gasteiger partial charge in [-0.1, -0.05) is 27.5 Å². The third-order valence-corrected chi connectivity index (χ3v) is 3.14. The third-order valence-electron chi connectivity index (χ3n) is 2.33. The van der Waals surface area contributed by atoms with Gasteiger partial charge in [-0.05, 0) is 36.4 Å². The average molecular weight is 345 g/mol. The van der Waals surface area contributed by atoms with Crippen LogP contribution in [0.4, 0.5) is 4.39 Å². The maximum Gasteiger partial charge on any atom is 0.248 e. The van der Waals surface area contributed by atoms with Gasteiger partial charge in [0, 0.05) is 10.0 Å². The highest BCUT2D eigenvalue weighted by atomic mass is 79.9. The van der Waals surface area contributed by atoms with E-state index in [9.17, 15) is 9.18 Å². The second-order valence-electron chi connectivity index (χ2n) is 3.69. The fraction of sp³-hybridized carbons (Fsp3) is 0. The molecule has 0 atom stereocenters. The van der Waals surface area contributed by atoms with Crippen molar-refractivity contribution in [2.75, 3.05) is 0 Å². The molecule has 0 aliphatic heterocycles. The van der Waals surface area contributed by atoms with E-state index in [1.165, 1.54) is 12.1 Å². The largest absolute Gasteiger partial charge is 0.453 e. The maximum absolute atomic E-state index is 13.7. The van der Waals surface area contributed by atoms with Crippen molar-refractivity contribution >= 4 is 33.4 Å². The second-order valence-corrected chi connectivity index (χ2v) is 5.01. The average Bonchev–Trinajstić information content (AvgIpc) is 2.36. The van der Waals surface area contributed by atoms with Crippen molar-refractivity contribution in [3.63, 3.8) is 0 Å². The number of amides is 1. The SMILES string of the molecule is NC(=O)c1ccc(Oc2cc(Br)ccc2Cl)c(F)c1.